The van der Waals surface area contributed by atoms with E-state index in [4.69, 9.17) is 9.47 Å². The van der Waals surface area contributed by atoms with E-state index in [1.165, 1.54) is 30.2 Å². The molecule has 0 atom stereocenters. The number of aromatic nitrogens is 4. The number of hydrogen-bond acceptors (Lipinski definition) is 8. The average Bonchev–Trinajstić information content (AvgIpc) is 3.19. The van der Waals surface area contributed by atoms with E-state index in [9.17, 15) is 8.42 Å². The van der Waals surface area contributed by atoms with Crippen LogP contribution in [0.1, 0.15) is 5.56 Å². The molecule has 0 spiro atoms. The number of sulfonamides is 1. The summed E-state index contributed by atoms with van der Waals surface area (Å²) in [6.07, 6.45) is 3.02. The van der Waals surface area contributed by atoms with Crippen molar-refractivity contribution in [3.8, 4) is 11.4 Å². The summed E-state index contributed by atoms with van der Waals surface area (Å²) in [6.45, 7) is 0.343. The number of benzene rings is 1. The first-order valence-electron chi connectivity index (χ1n) is 9.40. The van der Waals surface area contributed by atoms with Crippen molar-refractivity contribution in [1.82, 2.24) is 24.1 Å². The summed E-state index contributed by atoms with van der Waals surface area (Å²) in [5.41, 5.74) is 1.69. The van der Waals surface area contributed by atoms with Crippen LogP contribution in [0.3, 0.4) is 0 Å². The van der Waals surface area contributed by atoms with Gasteiger partial charge in [-0.25, -0.2) is 12.7 Å². The minimum absolute atomic E-state index is 0.184. The number of methoxy groups -OCH3 is 2. The van der Waals surface area contributed by atoms with Crippen molar-refractivity contribution in [2.75, 3.05) is 28.3 Å². The minimum atomic E-state index is -3.58. The molecule has 0 saturated heterocycles. The molecule has 0 aliphatic heterocycles. The molecule has 9 nitrogen and oxygen atoms in total. The third kappa shape index (κ3) is 5.49. The summed E-state index contributed by atoms with van der Waals surface area (Å²) in [5.74, 6) is 1.19. The molecule has 0 bridgehead atoms. The van der Waals surface area contributed by atoms with Gasteiger partial charge >= 0.3 is 0 Å². The first kappa shape index (κ1) is 23.4. The Morgan fingerprint density at radius 3 is 2.55 bits per heavy atom. The highest BCUT2D eigenvalue weighted by Crippen LogP contribution is 2.28. The highest BCUT2D eigenvalue weighted by molar-refractivity contribution is 7.98. The first-order valence-corrected chi connectivity index (χ1v) is 11.8. The molecule has 11 heteroatoms. The van der Waals surface area contributed by atoms with E-state index in [1.807, 2.05) is 16.7 Å². The van der Waals surface area contributed by atoms with E-state index in [0.29, 0.717) is 28.8 Å². The molecular weight excluding hydrogens is 438 g/mol. The smallest absolute Gasteiger partial charge is 0.242 e. The Balaban J connectivity index is 1.99. The van der Waals surface area contributed by atoms with Gasteiger partial charge in [-0.05, 0) is 23.8 Å². The van der Waals surface area contributed by atoms with Gasteiger partial charge in [0.05, 0.1) is 11.4 Å². The van der Waals surface area contributed by atoms with Gasteiger partial charge in [0.2, 0.25) is 10.0 Å². The quantitative estimate of drug-likeness (QED) is 0.334. The Morgan fingerprint density at radius 1 is 1.13 bits per heavy atom. The molecule has 0 amide bonds. The van der Waals surface area contributed by atoms with Crippen LogP contribution in [0, 0.1) is 0 Å². The van der Waals surface area contributed by atoms with Crippen molar-refractivity contribution in [1.29, 1.82) is 0 Å². The Morgan fingerprint density at radius 2 is 1.90 bits per heavy atom. The Kier molecular flexibility index (Phi) is 7.79. The lowest BCUT2D eigenvalue weighted by molar-refractivity contribution is -0.111. The first-order chi connectivity index (χ1) is 14.9. The number of pyridine rings is 1. The third-order valence-electron chi connectivity index (χ3n) is 4.54. The van der Waals surface area contributed by atoms with Gasteiger partial charge in [0, 0.05) is 52.0 Å². The maximum absolute atomic E-state index is 12.6. The number of hydrogen-bond donors (Lipinski definition) is 0. The Labute approximate surface area is 186 Å². The molecule has 0 fully saturated rings. The van der Waals surface area contributed by atoms with Gasteiger partial charge in [0.15, 0.2) is 17.3 Å². The minimum Gasteiger partial charge on any atom is -0.354 e. The van der Waals surface area contributed by atoms with Crippen LogP contribution in [0.2, 0.25) is 0 Å². The molecule has 166 valence electrons. The maximum atomic E-state index is 12.6. The third-order valence-corrected chi connectivity index (χ3v) is 7.38. The second-order valence-corrected chi connectivity index (χ2v) is 9.88. The monoisotopic (exact) mass is 463 g/mol. The molecule has 0 saturated carbocycles. The van der Waals surface area contributed by atoms with Gasteiger partial charge in [-0.3, -0.25) is 9.55 Å². The van der Waals surface area contributed by atoms with Crippen molar-refractivity contribution in [2.45, 2.75) is 28.6 Å². The van der Waals surface area contributed by atoms with Crippen molar-refractivity contribution < 1.29 is 17.9 Å². The number of thioether (sulfide) groups is 1. The zero-order valence-corrected chi connectivity index (χ0v) is 19.4. The highest BCUT2D eigenvalue weighted by Gasteiger charge is 2.22. The van der Waals surface area contributed by atoms with E-state index >= 15 is 0 Å². The lowest BCUT2D eigenvalue weighted by atomic mass is 10.2. The van der Waals surface area contributed by atoms with Crippen LogP contribution in [0.25, 0.3) is 11.4 Å². The summed E-state index contributed by atoms with van der Waals surface area (Å²) >= 11 is 1.51. The van der Waals surface area contributed by atoms with Gasteiger partial charge in [0.25, 0.3) is 0 Å². The van der Waals surface area contributed by atoms with Gasteiger partial charge < -0.3 is 9.47 Å². The predicted molar refractivity (Wildman–Crippen MR) is 118 cm³/mol. The highest BCUT2D eigenvalue weighted by atomic mass is 32.2. The van der Waals surface area contributed by atoms with E-state index < -0.39 is 16.3 Å². The molecule has 1 aromatic carbocycles. The lowest BCUT2D eigenvalue weighted by Gasteiger charge is -2.17. The second kappa shape index (κ2) is 10.3. The van der Waals surface area contributed by atoms with Crippen LogP contribution in [-0.4, -0.2) is 67.1 Å². The summed E-state index contributed by atoms with van der Waals surface area (Å²) in [4.78, 5) is 4.32. The van der Waals surface area contributed by atoms with Crippen LogP contribution in [0.15, 0.2) is 58.8 Å². The molecule has 0 aliphatic carbocycles. The van der Waals surface area contributed by atoms with Crippen LogP contribution < -0.4 is 0 Å². The molecule has 3 aromatic rings. The molecule has 31 heavy (non-hydrogen) atoms. The Hall–Kier alpha value is -2.31. The summed E-state index contributed by atoms with van der Waals surface area (Å²) in [5, 5.41) is 9.35. The second-order valence-electron chi connectivity index (χ2n) is 6.78. The Bertz CT molecular complexity index is 1100. The summed E-state index contributed by atoms with van der Waals surface area (Å²) < 4.78 is 38.9. The fourth-order valence-electron chi connectivity index (χ4n) is 2.81. The van der Waals surface area contributed by atoms with Crippen LogP contribution in [0.5, 0.6) is 0 Å². The van der Waals surface area contributed by atoms with Crippen molar-refractivity contribution in [3.63, 3.8) is 0 Å². The fourth-order valence-corrected chi connectivity index (χ4v) is 4.64. The van der Waals surface area contributed by atoms with Crippen LogP contribution in [-0.2, 0) is 31.8 Å². The largest absolute Gasteiger partial charge is 0.354 e. The molecule has 0 aliphatic rings. The molecule has 3 rings (SSSR count). The molecule has 2 aromatic heterocycles. The molecule has 0 radical (unpaired) electrons. The van der Waals surface area contributed by atoms with Crippen LogP contribution >= 0.6 is 11.8 Å². The lowest BCUT2D eigenvalue weighted by Crippen LogP contribution is -2.22. The van der Waals surface area contributed by atoms with E-state index in [1.54, 1.807) is 50.9 Å². The van der Waals surface area contributed by atoms with Crippen molar-refractivity contribution in [3.05, 3.63) is 54.4 Å². The fraction of sp³-hybridized carbons (Fsp3) is 0.350. The number of ether oxygens (including phenoxy) is 2. The summed E-state index contributed by atoms with van der Waals surface area (Å²) in [6, 6.07) is 10.5. The molecule has 0 unspecified atom stereocenters. The maximum Gasteiger partial charge on any atom is 0.242 e. The van der Waals surface area contributed by atoms with Gasteiger partial charge in [0.1, 0.15) is 0 Å². The van der Waals surface area contributed by atoms with E-state index in [2.05, 4.69) is 15.2 Å². The van der Waals surface area contributed by atoms with Crippen LogP contribution in [0.4, 0.5) is 0 Å². The van der Waals surface area contributed by atoms with Gasteiger partial charge in [-0.15, -0.1) is 10.2 Å². The number of rotatable bonds is 10. The topological polar surface area (TPSA) is 99.4 Å². The van der Waals surface area contributed by atoms with E-state index in [-0.39, 0.29) is 4.90 Å². The average molecular weight is 464 g/mol. The van der Waals surface area contributed by atoms with E-state index in [0.717, 1.165) is 5.56 Å². The molecular formula is C20H25N5O4S2. The summed E-state index contributed by atoms with van der Waals surface area (Å²) in [7, 11) is 2.54. The zero-order valence-electron chi connectivity index (χ0n) is 17.8. The van der Waals surface area contributed by atoms with Crippen molar-refractivity contribution in [2.24, 2.45) is 0 Å². The predicted octanol–water partition coefficient (Wildman–Crippen LogP) is 2.50. The SMILES string of the molecule is COC(Cn1c(SCc2cccnc2)nnc1-c1cccc(S(=O)(=O)N(C)C)c1)OC. The van der Waals surface area contributed by atoms with Crippen molar-refractivity contribution >= 4 is 21.8 Å². The normalized spacial score (nSPS) is 12.1. The standard InChI is InChI=1S/C20H25N5O4S2/c1-24(2)31(26,27)17-9-5-8-16(11-17)19-22-23-20(25(19)13-18(28-3)29-4)30-14-15-7-6-10-21-12-15/h5-12,18H,13-14H2,1-4H3. The number of nitrogens with zero attached hydrogens (tertiary/aromatic N) is 5. The van der Waals surface area contributed by atoms with Gasteiger partial charge in [-0.1, -0.05) is 30.0 Å². The molecule has 0 N–H and O–H groups in total. The molecule has 2 heterocycles. The van der Waals surface area contributed by atoms with Gasteiger partial charge in [-0.2, -0.15) is 0 Å². The zero-order chi connectivity index (χ0) is 22.4.